The Hall–Kier alpha value is -1.14. The van der Waals surface area contributed by atoms with Gasteiger partial charge in [-0.2, -0.15) is 15.0 Å². The Morgan fingerprint density at radius 3 is 2.33 bits per heavy atom. The molecule has 0 bridgehead atoms. The van der Waals surface area contributed by atoms with Gasteiger partial charge >= 0.3 is 6.01 Å². The van der Waals surface area contributed by atoms with Gasteiger partial charge in [0.2, 0.25) is 11.2 Å². The highest BCUT2D eigenvalue weighted by atomic mass is 35.5. The second-order valence-electron chi connectivity index (χ2n) is 4.89. The van der Waals surface area contributed by atoms with Gasteiger partial charge in [0.05, 0.1) is 12.2 Å². The van der Waals surface area contributed by atoms with Crippen LogP contribution in [0.4, 0.5) is 5.95 Å². The van der Waals surface area contributed by atoms with Crippen LogP contribution in [0.15, 0.2) is 0 Å². The van der Waals surface area contributed by atoms with Crippen LogP contribution >= 0.6 is 11.6 Å². The van der Waals surface area contributed by atoms with Crippen LogP contribution in [0.25, 0.3) is 0 Å². The van der Waals surface area contributed by atoms with E-state index in [1.807, 2.05) is 34.9 Å². The topological polar surface area (TPSA) is 60.4 Å². The van der Waals surface area contributed by atoms with Crippen LogP contribution in [0.5, 0.6) is 6.01 Å². The molecule has 6 nitrogen and oxygen atoms in total. The molecule has 0 aromatic carbocycles. The van der Waals surface area contributed by atoms with Crippen molar-refractivity contribution in [2.24, 2.45) is 0 Å². The lowest BCUT2D eigenvalue weighted by Crippen LogP contribution is -2.23. The largest absolute Gasteiger partial charge is 0.461 e. The smallest absolute Gasteiger partial charge is 0.322 e. The average molecular weight is 275 g/mol. The van der Waals surface area contributed by atoms with Gasteiger partial charge in [-0.05, 0) is 32.4 Å². The second-order valence-corrected chi connectivity index (χ2v) is 5.23. The predicted molar refractivity (Wildman–Crippen MR) is 70.4 cm³/mol. The first-order valence-electron chi connectivity index (χ1n) is 5.63. The van der Waals surface area contributed by atoms with E-state index in [1.165, 1.54) is 0 Å². The van der Waals surface area contributed by atoms with Gasteiger partial charge in [0, 0.05) is 14.1 Å². The summed E-state index contributed by atoms with van der Waals surface area (Å²) in [6.45, 7) is 6.78. The van der Waals surface area contributed by atoms with E-state index in [2.05, 4.69) is 15.0 Å². The van der Waals surface area contributed by atoms with Gasteiger partial charge in [0.1, 0.15) is 6.61 Å². The number of ether oxygens (including phenoxy) is 2. The standard InChI is InChI=1S/C11H19ClN4O2/c1-11(2,3)18-7-6-17-10-14-8(12)13-9(15-10)16(4)5/h6-7H2,1-5H3. The van der Waals surface area contributed by atoms with Gasteiger partial charge in [0.25, 0.3) is 0 Å². The summed E-state index contributed by atoms with van der Waals surface area (Å²) in [5.41, 5.74) is -0.186. The molecule has 0 amide bonds. The number of rotatable bonds is 5. The zero-order chi connectivity index (χ0) is 13.8. The monoisotopic (exact) mass is 274 g/mol. The molecule has 0 saturated carbocycles. The van der Waals surface area contributed by atoms with E-state index in [9.17, 15) is 0 Å². The predicted octanol–water partition coefficient (Wildman–Crippen LogP) is 1.78. The molecule has 1 aromatic heterocycles. The Morgan fingerprint density at radius 1 is 1.11 bits per heavy atom. The van der Waals surface area contributed by atoms with Crippen molar-refractivity contribution < 1.29 is 9.47 Å². The highest BCUT2D eigenvalue weighted by Gasteiger charge is 2.11. The van der Waals surface area contributed by atoms with Crippen molar-refractivity contribution in [3.8, 4) is 6.01 Å². The Morgan fingerprint density at radius 2 is 1.78 bits per heavy atom. The van der Waals surface area contributed by atoms with Gasteiger partial charge in [-0.15, -0.1) is 0 Å². The van der Waals surface area contributed by atoms with Crippen LogP contribution in [0.2, 0.25) is 5.28 Å². The number of halogens is 1. The molecule has 0 spiro atoms. The summed E-state index contributed by atoms with van der Waals surface area (Å²) in [5, 5.41) is 0.112. The van der Waals surface area contributed by atoms with Crippen molar-refractivity contribution in [2.75, 3.05) is 32.2 Å². The van der Waals surface area contributed by atoms with Gasteiger partial charge in [0.15, 0.2) is 0 Å². The quantitative estimate of drug-likeness (QED) is 0.763. The van der Waals surface area contributed by atoms with E-state index in [-0.39, 0.29) is 16.9 Å². The summed E-state index contributed by atoms with van der Waals surface area (Å²) in [6, 6.07) is 0.205. The number of aromatic nitrogens is 3. The third kappa shape index (κ3) is 5.46. The minimum Gasteiger partial charge on any atom is -0.461 e. The van der Waals surface area contributed by atoms with Crippen molar-refractivity contribution in [1.29, 1.82) is 0 Å². The van der Waals surface area contributed by atoms with Crippen molar-refractivity contribution in [1.82, 2.24) is 15.0 Å². The fraction of sp³-hybridized carbons (Fsp3) is 0.727. The van der Waals surface area contributed by atoms with Crippen molar-refractivity contribution in [3.63, 3.8) is 0 Å². The van der Waals surface area contributed by atoms with E-state index in [4.69, 9.17) is 21.1 Å². The Kier molecular flexibility index (Phi) is 5.10. The van der Waals surface area contributed by atoms with Crippen LogP contribution in [0.3, 0.4) is 0 Å². The zero-order valence-electron chi connectivity index (χ0n) is 11.4. The second kappa shape index (κ2) is 6.15. The third-order valence-corrected chi connectivity index (χ3v) is 1.99. The molecule has 0 aliphatic rings. The lowest BCUT2D eigenvalue weighted by Gasteiger charge is -2.19. The van der Waals surface area contributed by atoms with E-state index in [0.29, 0.717) is 19.2 Å². The lowest BCUT2D eigenvalue weighted by atomic mass is 10.2. The molecule has 7 heteroatoms. The molecular weight excluding hydrogens is 256 g/mol. The Balaban J connectivity index is 2.52. The SMILES string of the molecule is CN(C)c1nc(Cl)nc(OCCOC(C)(C)C)n1. The molecule has 0 unspecified atom stereocenters. The minimum absolute atomic E-state index is 0.112. The molecule has 1 heterocycles. The molecule has 102 valence electrons. The summed E-state index contributed by atoms with van der Waals surface area (Å²) in [5.74, 6) is 0.460. The summed E-state index contributed by atoms with van der Waals surface area (Å²) in [6.07, 6.45) is 0. The number of hydrogen-bond donors (Lipinski definition) is 0. The molecule has 0 aliphatic heterocycles. The molecule has 0 atom stereocenters. The first kappa shape index (κ1) is 14.9. The maximum atomic E-state index is 5.78. The number of nitrogens with zero attached hydrogens (tertiary/aromatic N) is 4. The first-order valence-corrected chi connectivity index (χ1v) is 6.01. The first-order chi connectivity index (χ1) is 8.28. The molecule has 18 heavy (non-hydrogen) atoms. The van der Waals surface area contributed by atoms with E-state index >= 15 is 0 Å². The minimum atomic E-state index is -0.186. The summed E-state index contributed by atoms with van der Waals surface area (Å²) in [7, 11) is 3.64. The van der Waals surface area contributed by atoms with Crippen molar-refractivity contribution >= 4 is 17.5 Å². The average Bonchev–Trinajstić information content (AvgIpc) is 2.22. The van der Waals surface area contributed by atoms with E-state index < -0.39 is 0 Å². The summed E-state index contributed by atoms with van der Waals surface area (Å²) in [4.78, 5) is 13.7. The van der Waals surface area contributed by atoms with Crippen LogP contribution in [-0.2, 0) is 4.74 Å². The summed E-state index contributed by atoms with van der Waals surface area (Å²) >= 11 is 5.78. The van der Waals surface area contributed by atoms with Gasteiger partial charge in [-0.25, -0.2) is 0 Å². The highest BCUT2D eigenvalue weighted by Crippen LogP contribution is 2.13. The molecule has 0 aliphatic carbocycles. The number of hydrogen-bond acceptors (Lipinski definition) is 6. The van der Waals surface area contributed by atoms with Gasteiger partial charge < -0.3 is 14.4 Å². The molecule has 0 N–H and O–H groups in total. The Bertz CT molecular complexity index is 393. The number of anilines is 1. The molecule has 0 radical (unpaired) electrons. The van der Waals surface area contributed by atoms with E-state index in [0.717, 1.165) is 0 Å². The maximum absolute atomic E-state index is 5.78. The molecule has 0 fully saturated rings. The molecule has 1 aromatic rings. The molecular formula is C11H19ClN4O2. The maximum Gasteiger partial charge on any atom is 0.322 e. The van der Waals surface area contributed by atoms with Crippen molar-refractivity contribution in [3.05, 3.63) is 5.28 Å². The van der Waals surface area contributed by atoms with Crippen LogP contribution in [0.1, 0.15) is 20.8 Å². The van der Waals surface area contributed by atoms with Crippen LogP contribution < -0.4 is 9.64 Å². The van der Waals surface area contributed by atoms with Crippen LogP contribution in [0, 0.1) is 0 Å². The lowest BCUT2D eigenvalue weighted by molar-refractivity contribution is -0.0173. The summed E-state index contributed by atoms with van der Waals surface area (Å²) < 4.78 is 10.9. The van der Waals surface area contributed by atoms with Gasteiger partial charge in [-0.3, -0.25) is 0 Å². The van der Waals surface area contributed by atoms with E-state index in [1.54, 1.807) is 4.90 Å². The normalized spacial score (nSPS) is 11.4. The van der Waals surface area contributed by atoms with Crippen molar-refractivity contribution in [2.45, 2.75) is 26.4 Å². The fourth-order valence-electron chi connectivity index (χ4n) is 1.07. The van der Waals surface area contributed by atoms with Crippen LogP contribution in [-0.4, -0.2) is 47.9 Å². The Labute approximate surface area is 112 Å². The van der Waals surface area contributed by atoms with Gasteiger partial charge in [-0.1, -0.05) is 0 Å². The zero-order valence-corrected chi connectivity index (χ0v) is 12.2. The molecule has 1 rings (SSSR count). The highest BCUT2D eigenvalue weighted by molar-refractivity contribution is 6.28. The molecule has 0 saturated heterocycles. The third-order valence-electron chi connectivity index (χ3n) is 1.83. The fourth-order valence-corrected chi connectivity index (χ4v) is 1.22.